The van der Waals surface area contributed by atoms with Gasteiger partial charge in [-0.2, -0.15) is 13.2 Å². The normalized spacial score (nSPS) is 24.5. The molecule has 0 heterocycles. The van der Waals surface area contributed by atoms with E-state index in [4.69, 9.17) is 0 Å². The first kappa shape index (κ1) is 28.9. The van der Waals surface area contributed by atoms with E-state index in [0.717, 1.165) is 44.1 Å². The minimum absolute atomic E-state index is 0.0222. The van der Waals surface area contributed by atoms with E-state index >= 15 is 0 Å². The van der Waals surface area contributed by atoms with Crippen molar-refractivity contribution < 1.29 is 35.6 Å². The van der Waals surface area contributed by atoms with Crippen molar-refractivity contribution in [1.29, 1.82) is 0 Å². The number of hydrogen-bond acceptors (Lipinski definition) is 5. The molecule has 0 saturated heterocycles. The maximum atomic E-state index is 14.9. The van der Waals surface area contributed by atoms with Gasteiger partial charge in [0.15, 0.2) is 9.84 Å². The molecule has 42 heavy (non-hydrogen) atoms. The zero-order valence-corrected chi connectivity index (χ0v) is 23.8. The van der Waals surface area contributed by atoms with Gasteiger partial charge in [0.2, 0.25) is 5.91 Å². The fourth-order valence-corrected chi connectivity index (χ4v) is 6.58. The maximum absolute atomic E-state index is 14.9. The Bertz CT molecular complexity index is 1510. The van der Waals surface area contributed by atoms with Crippen LogP contribution in [0.4, 0.5) is 23.2 Å². The van der Waals surface area contributed by atoms with E-state index in [1.54, 1.807) is 6.07 Å². The molecule has 2 aromatic rings. The second-order valence-electron chi connectivity index (χ2n) is 12.3. The standard InChI is InChI=1S/C30H33F4N3O4S/c1-42(40,41)18-8-10-25(35-17-3-2-4-17)23(12-18)28(38)36-26(14-22-20-13-21(20)22)29(39)37-27(15-5-6-15)19-9-7-16(11-24(19)31)30(32,33)34/h7-12,15,17,20-22,26-27,35H,2-6,13-14H2,1H3,(H,36,38)(H,37,39)/t20-,21?,22-,26-,27-/m1/s1. The number of nitrogens with one attached hydrogen (secondary N) is 3. The van der Waals surface area contributed by atoms with E-state index in [0.29, 0.717) is 42.9 Å². The van der Waals surface area contributed by atoms with Gasteiger partial charge in [0.05, 0.1) is 22.1 Å². The Morgan fingerprint density at radius 3 is 2.24 bits per heavy atom. The summed E-state index contributed by atoms with van der Waals surface area (Å²) in [5.41, 5.74) is -0.548. The lowest BCUT2D eigenvalue weighted by Crippen LogP contribution is -2.48. The first-order valence-electron chi connectivity index (χ1n) is 14.4. The first-order chi connectivity index (χ1) is 19.8. The Labute approximate surface area is 241 Å². The van der Waals surface area contributed by atoms with Gasteiger partial charge in [0, 0.05) is 23.5 Å². The summed E-state index contributed by atoms with van der Waals surface area (Å²) in [6, 6.07) is 4.97. The Balaban J connectivity index is 1.24. The smallest absolute Gasteiger partial charge is 0.382 e. The van der Waals surface area contributed by atoms with Crippen molar-refractivity contribution in [3.63, 3.8) is 0 Å². The summed E-state index contributed by atoms with van der Waals surface area (Å²) < 4.78 is 78.8. The van der Waals surface area contributed by atoms with Gasteiger partial charge in [-0.3, -0.25) is 9.59 Å². The van der Waals surface area contributed by atoms with Gasteiger partial charge in [-0.15, -0.1) is 0 Å². The topological polar surface area (TPSA) is 104 Å². The van der Waals surface area contributed by atoms with E-state index in [1.165, 1.54) is 12.1 Å². The van der Waals surface area contributed by atoms with Crippen LogP contribution in [-0.4, -0.2) is 38.6 Å². The Hall–Kier alpha value is -3.15. The fourth-order valence-electron chi connectivity index (χ4n) is 5.93. The van der Waals surface area contributed by atoms with Crippen molar-refractivity contribution in [2.45, 2.75) is 74.1 Å². The van der Waals surface area contributed by atoms with Crippen LogP contribution in [0.25, 0.3) is 0 Å². The molecule has 3 N–H and O–H groups in total. The number of fused-ring (bicyclic) bond motifs is 1. The number of hydrogen-bond donors (Lipinski definition) is 3. The molecular formula is C30H33F4N3O4S. The van der Waals surface area contributed by atoms with Gasteiger partial charge in [0.1, 0.15) is 11.9 Å². The summed E-state index contributed by atoms with van der Waals surface area (Å²) >= 11 is 0. The highest BCUT2D eigenvalue weighted by Gasteiger charge is 2.64. The second-order valence-corrected chi connectivity index (χ2v) is 14.3. The van der Waals surface area contributed by atoms with Gasteiger partial charge in [-0.25, -0.2) is 12.8 Å². The molecule has 0 spiro atoms. The van der Waals surface area contributed by atoms with E-state index in [2.05, 4.69) is 16.0 Å². The number of carbonyl (C=O) groups is 2. The highest BCUT2D eigenvalue weighted by molar-refractivity contribution is 7.90. The Morgan fingerprint density at radius 2 is 1.71 bits per heavy atom. The Kier molecular flexibility index (Phi) is 7.26. The molecule has 4 fully saturated rings. The third kappa shape index (κ3) is 6.14. The molecule has 1 unspecified atom stereocenters. The summed E-state index contributed by atoms with van der Waals surface area (Å²) in [4.78, 5) is 27.3. The largest absolute Gasteiger partial charge is 0.416 e. The highest BCUT2D eigenvalue weighted by Crippen LogP contribution is 2.69. The predicted octanol–water partition coefficient (Wildman–Crippen LogP) is 5.23. The molecule has 2 aromatic carbocycles. The SMILES string of the molecule is CS(=O)(=O)c1ccc(NC2CCC2)c(C(=O)N[C@H](C[C@H]2C3C[C@H]32)C(=O)N[C@@H](c2ccc(C(F)(F)F)cc2F)C2CC2)c1. The van der Waals surface area contributed by atoms with Gasteiger partial charge in [-0.05, 0) is 98.9 Å². The molecule has 0 bridgehead atoms. The van der Waals surface area contributed by atoms with Crippen LogP contribution in [0.15, 0.2) is 41.3 Å². The molecule has 12 heteroatoms. The quantitative estimate of drug-likeness (QED) is 0.304. The summed E-state index contributed by atoms with van der Waals surface area (Å²) in [7, 11) is -3.61. The van der Waals surface area contributed by atoms with Crippen LogP contribution in [0.5, 0.6) is 0 Å². The molecule has 226 valence electrons. The van der Waals surface area contributed by atoms with E-state index < -0.39 is 51.3 Å². The Morgan fingerprint density at radius 1 is 1.00 bits per heavy atom. The zero-order valence-electron chi connectivity index (χ0n) is 23.0. The third-order valence-corrected chi connectivity index (χ3v) is 10.3. The summed E-state index contributed by atoms with van der Waals surface area (Å²) in [5, 5.41) is 8.93. The van der Waals surface area contributed by atoms with Crippen molar-refractivity contribution in [3.05, 3.63) is 58.9 Å². The molecule has 0 radical (unpaired) electrons. The van der Waals surface area contributed by atoms with Gasteiger partial charge < -0.3 is 16.0 Å². The number of rotatable bonds is 11. The van der Waals surface area contributed by atoms with Gasteiger partial charge >= 0.3 is 6.18 Å². The van der Waals surface area contributed by atoms with Crippen LogP contribution in [0.2, 0.25) is 0 Å². The van der Waals surface area contributed by atoms with Crippen LogP contribution in [0, 0.1) is 29.5 Å². The van der Waals surface area contributed by atoms with E-state index in [-0.39, 0.29) is 33.9 Å². The van der Waals surface area contributed by atoms with Crippen LogP contribution < -0.4 is 16.0 Å². The number of sulfone groups is 1. The van der Waals surface area contributed by atoms with Crippen LogP contribution >= 0.6 is 0 Å². The van der Waals surface area contributed by atoms with Crippen molar-refractivity contribution in [3.8, 4) is 0 Å². The molecule has 6 rings (SSSR count). The monoisotopic (exact) mass is 607 g/mol. The fraction of sp³-hybridized carbons (Fsp3) is 0.533. The minimum Gasteiger partial charge on any atom is -0.382 e. The molecule has 0 aromatic heterocycles. The van der Waals surface area contributed by atoms with Gasteiger partial charge in [-0.1, -0.05) is 6.07 Å². The van der Waals surface area contributed by atoms with E-state index in [9.17, 15) is 35.6 Å². The molecule has 5 atom stereocenters. The molecule has 7 nitrogen and oxygen atoms in total. The predicted molar refractivity (Wildman–Crippen MR) is 147 cm³/mol. The highest BCUT2D eigenvalue weighted by atomic mass is 32.2. The van der Waals surface area contributed by atoms with Crippen LogP contribution in [0.3, 0.4) is 0 Å². The lowest BCUT2D eigenvalue weighted by Gasteiger charge is -2.29. The molecule has 0 aliphatic heterocycles. The average molecular weight is 608 g/mol. The van der Waals surface area contributed by atoms with Crippen molar-refractivity contribution in [2.24, 2.45) is 23.7 Å². The summed E-state index contributed by atoms with van der Waals surface area (Å²) in [5.74, 6) is -1.01. The van der Waals surface area contributed by atoms with Crippen LogP contribution in [-0.2, 0) is 20.8 Å². The number of amides is 2. The molecular weight excluding hydrogens is 574 g/mol. The lowest BCUT2D eigenvalue weighted by atomic mass is 9.92. The average Bonchev–Trinajstić information content (AvgIpc) is 3.76. The number of benzene rings is 2. The van der Waals surface area contributed by atoms with Crippen LogP contribution in [0.1, 0.15) is 72.5 Å². The molecule has 4 saturated carbocycles. The van der Waals surface area contributed by atoms with Crippen molar-refractivity contribution >= 4 is 27.3 Å². The third-order valence-electron chi connectivity index (χ3n) is 9.16. The minimum atomic E-state index is -4.70. The molecule has 2 amide bonds. The zero-order chi connectivity index (χ0) is 30.0. The first-order valence-corrected chi connectivity index (χ1v) is 16.3. The number of anilines is 1. The lowest BCUT2D eigenvalue weighted by molar-refractivity contribution is -0.137. The number of alkyl halides is 3. The molecule has 4 aliphatic rings. The van der Waals surface area contributed by atoms with E-state index in [1.807, 2.05) is 0 Å². The maximum Gasteiger partial charge on any atom is 0.416 e. The molecule has 4 aliphatic carbocycles. The van der Waals surface area contributed by atoms with Crippen molar-refractivity contribution in [2.75, 3.05) is 11.6 Å². The van der Waals surface area contributed by atoms with Crippen molar-refractivity contribution in [1.82, 2.24) is 10.6 Å². The second kappa shape index (κ2) is 10.5. The summed E-state index contributed by atoms with van der Waals surface area (Å²) in [6.07, 6.45) is 2.08. The number of halogens is 4. The van der Waals surface area contributed by atoms with Gasteiger partial charge in [0.25, 0.3) is 5.91 Å². The number of carbonyl (C=O) groups excluding carboxylic acids is 2. The summed E-state index contributed by atoms with van der Waals surface area (Å²) in [6.45, 7) is 0.